The van der Waals surface area contributed by atoms with Crippen LogP contribution >= 0.6 is 0 Å². The number of fused-ring (bicyclic) bond motifs is 2. The molecule has 4 aromatic rings. The van der Waals surface area contributed by atoms with Crippen LogP contribution in [0.15, 0.2) is 42.9 Å². The molecule has 8 heteroatoms. The average molecular weight is 386 g/mol. The second kappa shape index (κ2) is 6.12. The Morgan fingerprint density at radius 3 is 2.48 bits per heavy atom. The van der Waals surface area contributed by atoms with Crippen LogP contribution in [0.4, 0.5) is 5.82 Å². The molecule has 2 N–H and O–H groups in total. The van der Waals surface area contributed by atoms with Gasteiger partial charge in [-0.2, -0.15) is 10.2 Å². The number of H-pyrrole nitrogens is 2. The van der Waals surface area contributed by atoms with E-state index in [2.05, 4.69) is 78.8 Å². The van der Waals surface area contributed by atoms with Crippen molar-refractivity contribution in [2.75, 3.05) is 32.1 Å². The van der Waals surface area contributed by atoms with Gasteiger partial charge in [-0.3, -0.25) is 10.2 Å². The van der Waals surface area contributed by atoms with Crippen molar-refractivity contribution in [2.24, 2.45) is 11.8 Å². The van der Waals surface area contributed by atoms with Gasteiger partial charge in [0.2, 0.25) is 0 Å². The van der Waals surface area contributed by atoms with Gasteiger partial charge in [0.15, 0.2) is 5.82 Å². The molecule has 2 atom stereocenters. The predicted octanol–water partition coefficient (Wildman–Crippen LogP) is 2.41. The van der Waals surface area contributed by atoms with Crippen molar-refractivity contribution >= 4 is 16.7 Å². The smallest absolute Gasteiger partial charge is 0.151 e. The number of nitrogens with one attached hydrogen (secondary N) is 2. The lowest BCUT2D eigenvalue weighted by atomic mass is 10.0. The number of hydrogen-bond donors (Lipinski definition) is 2. The van der Waals surface area contributed by atoms with Crippen LogP contribution < -0.4 is 4.90 Å². The van der Waals surface area contributed by atoms with Gasteiger partial charge < -0.3 is 9.80 Å². The molecule has 0 radical (unpaired) electrons. The van der Waals surface area contributed by atoms with E-state index in [0.29, 0.717) is 0 Å². The van der Waals surface area contributed by atoms with Gasteiger partial charge in [-0.15, -0.1) is 10.2 Å². The van der Waals surface area contributed by atoms with Gasteiger partial charge >= 0.3 is 0 Å². The highest BCUT2D eigenvalue weighted by Gasteiger charge is 2.57. The number of piperidine rings is 1. The lowest BCUT2D eigenvalue weighted by Crippen LogP contribution is -2.31. The molecule has 0 spiro atoms. The fourth-order valence-corrected chi connectivity index (χ4v) is 4.98. The maximum Gasteiger partial charge on any atom is 0.151 e. The van der Waals surface area contributed by atoms with Crippen LogP contribution in [0.2, 0.25) is 0 Å². The van der Waals surface area contributed by atoms with E-state index in [-0.39, 0.29) is 0 Å². The summed E-state index contributed by atoms with van der Waals surface area (Å²) in [5, 5.41) is 24.4. The topological polar surface area (TPSA) is 89.6 Å². The summed E-state index contributed by atoms with van der Waals surface area (Å²) in [7, 11) is 4.35. The SMILES string of the molecule is CN(C)C1C2CN(c3ccc(-c4ccc(-c5cn[nH]c5)c5cn[nH]c45)nn3)CC21. The van der Waals surface area contributed by atoms with Crippen LogP contribution in [0.3, 0.4) is 0 Å². The summed E-state index contributed by atoms with van der Waals surface area (Å²) < 4.78 is 0. The molecule has 1 aromatic carbocycles. The van der Waals surface area contributed by atoms with E-state index in [1.54, 1.807) is 0 Å². The van der Waals surface area contributed by atoms with Crippen LogP contribution in [0, 0.1) is 11.8 Å². The molecule has 3 aromatic heterocycles. The maximum absolute atomic E-state index is 4.54. The number of aromatic nitrogens is 6. The molecule has 8 nitrogen and oxygen atoms in total. The molecule has 29 heavy (non-hydrogen) atoms. The lowest BCUT2D eigenvalue weighted by molar-refractivity contribution is 0.356. The molecule has 2 unspecified atom stereocenters. The van der Waals surface area contributed by atoms with Crippen molar-refractivity contribution in [1.29, 1.82) is 0 Å². The Bertz CT molecular complexity index is 1150. The highest BCUT2D eigenvalue weighted by atomic mass is 15.3. The third kappa shape index (κ3) is 2.56. The molecule has 2 aliphatic rings. The number of aromatic amines is 2. The Hall–Kier alpha value is -3.26. The largest absolute Gasteiger partial charge is 0.354 e. The summed E-state index contributed by atoms with van der Waals surface area (Å²) >= 11 is 0. The molecule has 4 heterocycles. The van der Waals surface area contributed by atoms with Crippen LogP contribution in [0.25, 0.3) is 33.3 Å². The predicted molar refractivity (Wildman–Crippen MR) is 111 cm³/mol. The lowest BCUT2D eigenvalue weighted by Gasteiger charge is -2.22. The zero-order chi connectivity index (χ0) is 19.5. The molecule has 1 aliphatic heterocycles. The van der Waals surface area contributed by atoms with Crippen LogP contribution in [0.5, 0.6) is 0 Å². The molecule has 0 bridgehead atoms. The van der Waals surface area contributed by atoms with Crippen LogP contribution in [-0.2, 0) is 0 Å². The highest BCUT2D eigenvalue weighted by molar-refractivity contribution is 6.01. The molecule has 6 rings (SSSR count). The highest BCUT2D eigenvalue weighted by Crippen LogP contribution is 2.48. The van der Waals surface area contributed by atoms with Crippen molar-refractivity contribution in [3.63, 3.8) is 0 Å². The van der Waals surface area contributed by atoms with E-state index >= 15 is 0 Å². The van der Waals surface area contributed by atoms with Gasteiger partial charge in [-0.25, -0.2) is 0 Å². The number of benzene rings is 1. The first-order chi connectivity index (χ1) is 14.2. The third-order valence-electron chi connectivity index (χ3n) is 6.42. The van der Waals surface area contributed by atoms with Gasteiger partial charge in [0, 0.05) is 41.8 Å². The van der Waals surface area contributed by atoms with Crippen molar-refractivity contribution < 1.29 is 0 Å². The zero-order valence-electron chi connectivity index (χ0n) is 16.4. The summed E-state index contributed by atoms with van der Waals surface area (Å²) in [6, 6.07) is 9.04. The van der Waals surface area contributed by atoms with Gasteiger partial charge in [0.05, 0.1) is 23.6 Å². The summed E-state index contributed by atoms with van der Waals surface area (Å²) in [6.45, 7) is 2.15. The molecule has 0 amide bonds. The standard InChI is InChI=1S/C21H22N8/c1-28(2)21-16-10-29(11-17(16)21)19-6-5-18(25-26-19)14-4-3-13(12-7-22-23-8-12)15-9-24-27-20(14)15/h3-9,16-17,21H,10-11H2,1-2H3,(H,22,23)(H,24,27). The van der Waals surface area contributed by atoms with Crippen LogP contribution in [-0.4, -0.2) is 68.7 Å². The monoisotopic (exact) mass is 386 g/mol. The first-order valence-electron chi connectivity index (χ1n) is 9.91. The maximum atomic E-state index is 4.54. The average Bonchev–Trinajstić information content (AvgIpc) is 3.26. The minimum Gasteiger partial charge on any atom is -0.354 e. The van der Waals surface area contributed by atoms with Crippen molar-refractivity contribution in [2.45, 2.75) is 6.04 Å². The molecule has 1 saturated heterocycles. The first kappa shape index (κ1) is 16.7. The Kier molecular flexibility index (Phi) is 3.52. The molecular weight excluding hydrogens is 364 g/mol. The minimum absolute atomic E-state index is 0.737. The summed E-state index contributed by atoms with van der Waals surface area (Å²) in [4.78, 5) is 4.71. The Labute approximate surface area is 167 Å². The Morgan fingerprint density at radius 1 is 0.966 bits per heavy atom. The number of nitrogens with zero attached hydrogens (tertiary/aromatic N) is 6. The fourth-order valence-electron chi connectivity index (χ4n) is 4.98. The third-order valence-corrected chi connectivity index (χ3v) is 6.42. The summed E-state index contributed by atoms with van der Waals surface area (Å²) in [5.74, 6) is 2.51. The van der Waals surface area contributed by atoms with E-state index in [9.17, 15) is 0 Å². The first-order valence-corrected chi connectivity index (χ1v) is 9.91. The van der Waals surface area contributed by atoms with E-state index in [1.165, 1.54) is 0 Å². The molecule has 146 valence electrons. The van der Waals surface area contributed by atoms with Crippen molar-refractivity contribution in [3.05, 3.63) is 42.9 Å². The normalized spacial score (nSPS) is 23.1. The second-order valence-corrected chi connectivity index (χ2v) is 8.27. The fraction of sp³-hybridized carbons (Fsp3) is 0.333. The minimum atomic E-state index is 0.737. The number of hydrogen-bond acceptors (Lipinski definition) is 6. The number of rotatable bonds is 4. The van der Waals surface area contributed by atoms with Gasteiger partial charge in [0.25, 0.3) is 0 Å². The zero-order valence-corrected chi connectivity index (χ0v) is 16.4. The molecule has 1 aliphatic carbocycles. The quantitative estimate of drug-likeness (QED) is 0.560. The molecule has 2 fully saturated rings. The van der Waals surface area contributed by atoms with Gasteiger partial charge in [-0.05, 0) is 49.7 Å². The summed E-state index contributed by atoms with van der Waals surface area (Å²) in [5.41, 5.74) is 4.93. The Balaban J connectivity index is 1.28. The summed E-state index contributed by atoms with van der Waals surface area (Å²) in [6.07, 6.45) is 5.55. The second-order valence-electron chi connectivity index (χ2n) is 8.27. The molecular formula is C21H22N8. The van der Waals surface area contributed by atoms with Crippen molar-refractivity contribution in [3.8, 4) is 22.4 Å². The Morgan fingerprint density at radius 2 is 1.79 bits per heavy atom. The van der Waals surface area contributed by atoms with E-state index in [0.717, 1.165) is 70.1 Å². The number of anilines is 1. The van der Waals surface area contributed by atoms with Gasteiger partial charge in [0.1, 0.15) is 0 Å². The van der Waals surface area contributed by atoms with E-state index in [1.807, 2.05) is 18.6 Å². The van der Waals surface area contributed by atoms with E-state index in [4.69, 9.17) is 0 Å². The van der Waals surface area contributed by atoms with Crippen LogP contribution in [0.1, 0.15) is 0 Å². The van der Waals surface area contributed by atoms with E-state index < -0.39 is 0 Å². The van der Waals surface area contributed by atoms with Crippen molar-refractivity contribution in [1.82, 2.24) is 35.5 Å². The molecule has 1 saturated carbocycles. The van der Waals surface area contributed by atoms with Gasteiger partial charge in [-0.1, -0.05) is 6.07 Å².